The number of carbonyl (C=O) groups excluding carboxylic acids is 1. The van der Waals surface area contributed by atoms with Crippen LogP contribution in [0.3, 0.4) is 0 Å². The Morgan fingerprint density at radius 3 is 2.88 bits per heavy atom. The van der Waals surface area contributed by atoms with Crippen LogP contribution >= 0.6 is 22.9 Å². The van der Waals surface area contributed by atoms with Crippen LogP contribution in [0.25, 0.3) is 0 Å². The second kappa shape index (κ2) is 7.65. The number of aromatic carboxylic acids is 1. The van der Waals surface area contributed by atoms with Crippen LogP contribution in [0, 0.1) is 0 Å². The number of nitrogens with one attached hydrogen (secondary N) is 1. The van der Waals surface area contributed by atoms with Crippen LogP contribution in [0.1, 0.15) is 15.2 Å². The van der Waals surface area contributed by atoms with Gasteiger partial charge >= 0.3 is 0 Å². The van der Waals surface area contributed by atoms with Gasteiger partial charge in [-0.3, -0.25) is 5.43 Å². The smallest absolute Gasteiger partial charge is 0.0916 e. The van der Waals surface area contributed by atoms with E-state index in [2.05, 4.69) is 21.5 Å². The number of rotatable bonds is 5. The number of hydrogen-bond acceptors (Lipinski definition) is 7. The largest absolute Gasteiger partial charge is 0.545 e. The summed E-state index contributed by atoms with van der Waals surface area (Å²) >= 11 is 7.44. The fourth-order valence-electron chi connectivity index (χ4n) is 2.29. The average molecular weight is 365 g/mol. The van der Waals surface area contributed by atoms with Crippen LogP contribution in [-0.2, 0) is 4.74 Å². The SMILES string of the molecule is O=C([O-])c1cc(N/N=C\c2ccc(N3CCOCC3)s2)ccc1Cl. The van der Waals surface area contributed by atoms with Gasteiger partial charge in [-0.05, 0) is 30.3 Å². The fraction of sp³-hybridized carbons (Fsp3) is 0.250. The fourth-order valence-corrected chi connectivity index (χ4v) is 3.41. The molecule has 0 saturated carbocycles. The van der Waals surface area contributed by atoms with Crippen LogP contribution in [0.2, 0.25) is 5.02 Å². The number of carbonyl (C=O) groups is 1. The van der Waals surface area contributed by atoms with Crippen molar-refractivity contribution in [2.75, 3.05) is 36.6 Å². The second-order valence-electron chi connectivity index (χ2n) is 5.13. The number of benzene rings is 1. The van der Waals surface area contributed by atoms with Gasteiger partial charge in [0, 0.05) is 28.6 Å². The van der Waals surface area contributed by atoms with Gasteiger partial charge in [-0.15, -0.1) is 11.3 Å². The number of ether oxygens (including phenoxy) is 1. The van der Waals surface area contributed by atoms with Crippen molar-refractivity contribution < 1.29 is 14.6 Å². The molecular weight excluding hydrogens is 350 g/mol. The molecule has 0 aliphatic carbocycles. The van der Waals surface area contributed by atoms with Gasteiger partial charge in [0.15, 0.2) is 0 Å². The first kappa shape index (κ1) is 16.8. The van der Waals surface area contributed by atoms with Crippen molar-refractivity contribution >= 4 is 45.8 Å². The van der Waals surface area contributed by atoms with E-state index in [-0.39, 0.29) is 10.6 Å². The molecule has 0 unspecified atom stereocenters. The standard InChI is InChI=1S/C16H16ClN3O3S/c17-14-3-1-11(9-13(14)16(21)22)19-18-10-12-2-4-15(24-12)20-5-7-23-8-6-20/h1-4,9-10,19H,5-8H2,(H,21,22)/p-1/b18-10-. The lowest BCUT2D eigenvalue weighted by Gasteiger charge is -2.27. The molecule has 2 heterocycles. The molecule has 6 nitrogen and oxygen atoms in total. The number of hydrazone groups is 1. The Morgan fingerprint density at radius 1 is 1.33 bits per heavy atom. The van der Waals surface area contributed by atoms with Crippen molar-refractivity contribution in [3.63, 3.8) is 0 Å². The zero-order valence-electron chi connectivity index (χ0n) is 12.7. The molecule has 0 spiro atoms. The number of hydrogen-bond donors (Lipinski definition) is 1. The maximum absolute atomic E-state index is 10.9. The molecule has 126 valence electrons. The Balaban J connectivity index is 1.63. The van der Waals surface area contributed by atoms with E-state index >= 15 is 0 Å². The average Bonchev–Trinajstić information content (AvgIpc) is 3.06. The predicted octanol–water partition coefficient (Wildman–Crippen LogP) is 2.05. The number of anilines is 2. The highest BCUT2D eigenvalue weighted by Crippen LogP contribution is 2.26. The monoisotopic (exact) mass is 364 g/mol. The Morgan fingerprint density at radius 2 is 2.12 bits per heavy atom. The maximum atomic E-state index is 10.9. The molecule has 0 amide bonds. The molecule has 8 heteroatoms. The van der Waals surface area contributed by atoms with Crippen molar-refractivity contribution in [3.8, 4) is 0 Å². The normalized spacial score (nSPS) is 15.0. The molecule has 3 rings (SSSR count). The first-order valence-electron chi connectivity index (χ1n) is 7.36. The first-order chi connectivity index (χ1) is 11.6. The van der Waals surface area contributed by atoms with Gasteiger partial charge in [0.1, 0.15) is 0 Å². The molecule has 1 aliphatic heterocycles. The zero-order valence-corrected chi connectivity index (χ0v) is 14.3. The lowest BCUT2D eigenvalue weighted by atomic mass is 10.2. The molecule has 0 atom stereocenters. The summed E-state index contributed by atoms with van der Waals surface area (Å²) in [4.78, 5) is 14.2. The summed E-state index contributed by atoms with van der Waals surface area (Å²) in [5.41, 5.74) is 3.26. The molecule has 1 N–H and O–H groups in total. The van der Waals surface area contributed by atoms with E-state index in [1.807, 2.05) is 6.07 Å². The predicted molar refractivity (Wildman–Crippen MR) is 94.4 cm³/mol. The van der Waals surface area contributed by atoms with Crippen LogP contribution in [-0.4, -0.2) is 38.5 Å². The molecule has 1 fully saturated rings. The topological polar surface area (TPSA) is 77.0 Å². The van der Waals surface area contributed by atoms with E-state index in [4.69, 9.17) is 16.3 Å². The lowest BCUT2D eigenvalue weighted by Crippen LogP contribution is -2.35. The third kappa shape index (κ3) is 4.05. The van der Waals surface area contributed by atoms with E-state index in [1.54, 1.807) is 23.6 Å². The minimum Gasteiger partial charge on any atom is -0.545 e. The molecule has 2 aromatic rings. The summed E-state index contributed by atoms with van der Waals surface area (Å²) in [5, 5.41) is 16.4. The third-order valence-corrected chi connectivity index (χ3v) is 4.92. The molecule has 0 radical (unpaired) electrons. The van der Waals surface area contributed by atoms with Crippen molar-refractivity contribution in [2.45, 2.75) is 0 Å². The highest BCUT2D eigenvalue weighted by Gasteiger charge is 2.12. The number of carboxylic acid groups (broad SMARTS) is 1. The highest BCUT2D eigenvalue weighted by atomic mass is 35.5. The first-order valence-corrected chi connectivity index (χ1v) is 8.55. The number of thiophene rings is 1. The molecule has 1 aromatic carbocycles. The number of nitrogens with zero attached hydrogens (tertiary/aromatic N) is 2. The third-order valence-electron chi connectivity index (χ3n) is 3.51. The van der Waals surface area contributed by atoms with Crippen molar-refractivity contribution in [1.82, 2.24) is 0 Å². The Kier molecular flexibility index (Phi) is 5.34. The molecule has 0 bridgehead atoms. The number of morpholine rings is 1. The molecule has 1 aromatic heterocycles. The molecule has 1 saturated heterocycles. The second-order valence-corrected chi connectivity index (χ2v) is 6.63. The summed E-state index contributed by atoms with van der Waals surface area (Å²) in [6.07, 6.45) is 1.70. The van der Waals surface area contributed by atoms with Gasteiger partial charge in [-0.1, -0.05) is 11.6 Å². The van der Waals surface area contributed by atoms with Crippen molar-refractivity contribution in [1.29, 1.82) is 0 Å². The van der Waals surface area contributed by atoms with E-state index in [9.17, 15) is 9.90 Å². The van der Waals surface area contributed by atoms with Gasteiger partial charge in [0.05, 0.1) is 36.1 Å². The van der Waals surface area contributed by atoms with Gasteiger partial charge in [0.25, 0.3) is 0 Å². The van der Waals surface area contributed by atoms with Gasteiger partial charge in [-0.2, -0.15) is 5.10 Å². The quantitative estimate of drug-likeness (QED) is 0.649. The van der Waals surface area contributed by atoms with Gasteiger partial charge in [0.2, 0.25) is 0 Å². The Hall–Kier alpha value is -2.09. The lowest BCUT2D eigenvalue weighted by molar-refractivity contribution is -0.255. The van der Waals surface area contributed by atoms with Crippen molar-refractivity contribution in [2.24, 2.45) is 5.10 Å². The van der Waals surface area contributed by atoms with Crippen LogP contribution in [0.4, 0.5) is 10.7 Å². The van der Waals surface area contributed by atoms with Crippen LogP contribution in [0.5, 0.6) is 0 Å². The number of halogens is 1. The van der Waals surface area contributed by atoms with E-state index in [1.165, 1.54) is 17.1 Å². The summed E-state index contributed by atoms with van der Waals surface area (Å²) in [6.45, 7) is 3.29. The number of carboxylic acids is 1. The van der Waals surface area contributed by atoms with Crippen LogP contribution in [0.15, 0.2) is 35.4 Å². The summed E-state index contributed by atoms with van der Waals surface area (Å²) in [6, 6.07) is 8.59. The summed E-state index contributed by atoms with van der Waals surface area (Å²) in [7, 11) is 0. The summed E-state index contributed by atoms with van der Waals surface area (Å²) < 4.78 is 5.35. The maximum Gasteiger partial charge on any atom is 0.0916 e. The molecule has 1 aliphatic rings. The Bertz CT molecular complexity index is 757. The Labute approximate surface area is 148 Å². The van der Waals surface area contributed by atoms with E-state index < -0.39 is 5.97 Å². The molecular formula is C16H15ClN3O3S-. The minimum absolute atomic E-state index is 0.0670. The zero-order chi connectivity index (χ0) is 16.9. The van der Waals surface area contributed by atoms with E-state index in [0.29, 0.717) is 5.69 Å². The van der Waals surface area contributed by atoms with Crippen molar-refractivity contribution in [3.05, 3.63) is 45.8 Å². The van der Waals surface area contributed by atoms with E-state index in [0.717, 1.165) is 31.2 Å². The van der Waals surface area contributed by atoms with Crippen LogP contribution < -0.4 is 15.4 Å². The summed E-state index contributed by atoms with van der Waals surface area (Å²) in [5.74, 6) is -1.32. The minimum atomic E-state index is -1.32. The molecule has 24 heavy (non-hydrogen) atoms. The van der Waals surface area contributed by atoms with Gasteiger partial charge < -0.3 is 19.5 Å². The highest BCUT2D eigenvalue weighted by molar-refractivity contribution is 7.17. The van der Waals surface area contributed by atoms with Gasteiger partial charge in [-0.25, -0.2) is 0 Å².